The highest BCUT2D eigenvalue weighted by atomic mass is 32.2. The van der Waals surface area contributed by atoms with Crippen molar-refractivity contribution in [2.75, 3.05) is 52.4 Å². The lowest BCUT2D eigenvalue weighted by molar-refractivity contribution is -0.126. The molecule has 1 unspecified atom stereocenters. The van der Waals surface area contributed by atoms with Crippen molar-refractivity contribution in [1.29, 1.82) is 0 Å². The molecule has 1 N–H and O–H groups in total. The molecule has 27 heavy (non-hydrogen) atoms. The Labute approximate surface area is 164 Å². The molecule has 0 aromatic heterocycles. The van der Waals surface area contributed by atoms with Crippen LogP contribution in [-0.2, 0) is 15.0 Å². The van der Waals surface area contributed by atoms with Crippen molar-refractivity contribution in [2.24, 2.45) is 11.8 Å². The average Bonchev–Trinajstić information content (AvgIpc) is 2.69. The second-order valence-corrected chi connectivity index (χ2v) is 10.4. The molecule has 0 aromatic carbocycles. The maximum absolute atomic E-state index is 12.9. The Morgan fingerprint density at radius 3 is 2.33 bits per heavy atom. The maximum Gasteiger partial charge on any atom is 0.281 e. The monoisotopic (exact) mass is 400 g/mol. The molecule has 3 aliphatic rings. The Bertz CT molecular complexity index is 584. The molecular formula is C19H36N4O3S. The van der Waals surface area contributed by atoms with Gasteiger partial charge in [0.25, 0.3) is 10.2 Å². The summed E-state index contributed by atoms with van der Waals surface area (Å²) in [6, 6.07) is 0. The molecular weight excluding hydrogens is 364 g/mol. The van der Waals surface area contributed by atoms with Crippen LogP contribution in [0.1, 0.15) is 51.9 Å². The fraction of sp³-hybridized carbons (Fsp3) is 0.947. The molecule has 0 aliphatic carbocycles. The number of hydrogen-bond acceptors (Lipinski definition) is 4. The number of nitrogens with zero attached hydrogens (tertiary/aromatic N) is 3. The van der Waals surface area contributed by atoms with Crippen LogP contribution in [0.15, 0.2) is 0 Å². The van der Waals surface area contributed by atoms with E-state index < -0.39 is 10.2 Å². The third-order valence-corrected chi connectivity index (χ3v) is 8.33. The van der Waals surface area contributed by atoms with Crippen LogP contribution in [0.2, 0.25) is 0 Å². The normalized spacial score (nSPS) is 27.5. The maximum atomic E-state index is 12.9. The van der Waals surface area contributed by atoms with E-state index in [1.54, 1.807) is 8.61 Å². The predicted octanol–water partition coefficient (Wildman–Crippen LogP) is 1.28. The van der Waals surface area contributed by atoms with Gasteiger partial charge < -0.3 is 10.2 Å². The summed E-state index contributed by atoms with van der Waals surface area (Å²) in [7, 11) is -3.43. The van der Waals surface area contributed by atoms with Crippen LogP contribution in [0.25, 0.3) is 0 Å². The standard InChI is InChI=1S/C19H36N4O3S/c1-17-7-13-22(14-8-17)27(25,26)23-12-5-6-18(16-23)19(24)20-9-15-21-10-3-2-4-11-21/h17-18H,2-16H2,1H3,(H,20,24). The summed E-state index contributed by atoms with van der Waals surface area (Å²) < 4.78 is 29.1. The van der Waals surface area contributed by atoms with Crippen molar-refractivity contribution in [1.82, 2.24) is 18.8 Å². The molecule has 3 aliphatic heterocycles. The Balaban J connectivity index is 1.47. The van der Waals surface area contributed by atoms with Crippen molar-refractivity contribution in [3.63, 3.8) is 0 Å². The Kier molecular flexibility index (Phi) is 7.53. The summed E-state index contributed by atoms with van der Waals surface area (Å²) in [5.74, 6) is 0.383. The van der Waals surface area contributed by atoms with Crippen LogP contribution in [0.4, 0.5) is 0 Å². The zero-order chi connectivity index (χ0) is 19.3. The molecule has 0 spiro atoms. The van der Waals surface area contributed by atoms with E-state index in [9.17, 15) is 13.2 Å². The van der Waals surface area contributed by atoms with Crippen LogP contribution < -0.4 is 5.32 Å². The Morgan fingerprint density at radius 1 is 0.926 bits per heavy atom. The highest BCUT2D eigenvalue weighted by Crippen LogP contribution is 2.25. The number of likely N-dealkylation sites (tertiary alicyclic amines) is 1. The quantitative estimate of drug-likeness (QED) is 0.729. The van der Waals surface area contributed by atoms with Gasteiger partial charge in [0.15, 0.2) is 0 Å². The molecule has 7 nitrogen and oxygen atoms in total. The summed E-state index contributed by atoms with van der Waals surface area (Å²) >= 11 is 0. The fourth-order valence-corrected chi connectivity index (χ4v) is 6.14. The zero-order valence-electron chi connectivity index (χ0n) is 16.7. The van der Waals surface area contributed by atoms with Crippen molar-refractivity contribution in [3.05, 3.63) is 0 Å². The Morgan fingerprint density at radius 2 is 1.63 bits per heavy atom. The van der Waals surface area contributed by atoms with E-state index in [-0.39, 0.29) is 11.8 Å². The minimum absolute atomic E-state index is 0.0131. The van der Waals surface area contributed by atoms with E-state index in [0.717, 1.165) is 45.3 Å². The van der Waals surface area contributed by atoms with E-state index in [1.165, 1.54) is 19.3 Å². The van der Waals surface area contributed by atoms with Crippen LogP contribution in [0.3, 0.4) is 0 Å². The van der Waals surface area contributed by atoms with Crippen LogP contribution in [0.5, 0.6) is 0 Å². The Hall–Kier alpha value is -0.700. The van der Waals surface area contributed by atoms with Gasteiger partial charge in [-0.3, -0.25) is 4.79 Å². The molecule has 0 saturated carbocycles. The minimum Gasteiger partial charge on any atom is -0.355 e. The van der Waals surface area contributed by atoms with Gasteiger partial charge in [0, 0.05) is 39.3 Å². The zero-order valence-corrected chi connectivity index (χ0v) is 17.6. The van der Waals surface area contributed by atoms with Gasteiger partial charge in [-0.05, 0) is 57.5 Å². The van der Waals surface area contributed by atoms with E-state index in [2.05, 4.69) is 17.1 Å². The first kappa shape index (κ1) is 21.0. The molecule has 0 aromatic rings. The van der Waals surface area contributed by atoms with E-state index in [1.807, 2.05) is 0 Å². The third-order valence-electron chi connectivity index (χ3n) is 6.33. The number of carbonyl (C=O) groups is 1. The highest BCUT2D eigenvalue weighted by molar-refractivity contribution is 7.86. The first-order valence-electron chi connectivity index (χ1n) is 10.7. The van der Waals surface area contributed by atoms with E-state index >= 15 is 0 Å². The average molecular weight is 401 g/mol. The van der Waals surface area contributed by atoms with Crippen molar-refractivity contribution in [3.8, 4) is 0 Å². The van der Waals surface area contributed by atoms with Gasteiger partial charge in [-0.15, -0.1) is 0 Å². The highest BCUT2D eigenvalue weighted by Gasteiger charge is 2.36. The summed E-state index contributed by atoms with van der Waals surface area (Å²) in [5.41, 5.74) is 0. The molecule has 1 atom stereocenters. The SMILES string of the molecule is CC1CCN(S(=O)(=O)N2CCCC(C(=O)NCCN3CCCCC3)C2)CC1. The molecule has 3 fully saturated rings. The number of carbonyl (C=O) groups excluding carboxylic acids is 1. The molecule has 3 rings (SSSR count). The van der Waals surface area contributed by atoms with E-state index in [4.69, 9.17) is 0 Å². The minimum atomic E-state index is -3.43. The van der Waals surface area contributed by atoms with Crippen LogP contribution in [0, 0.1) is 11.8 Å². The first-order chi connectivity index (χ1) is 13.0. The van der Waals surface area contributed by atoms with E-state index in [0.29, 0.717) is 38.6 Å². The third kappa shape index (κ3) is 5.65. The van der Waals surface area contributed by atoms with Gasteiger partial charge in [-0.25, -0.2) is 0 Å². The smallest absolute Gasteiger partial charge is 0.281 e. The van der Waals surface area contributed by atoms with Crippen molar-refractivity contribution < 1.29 is 13.2 Å². The first-order valence-corrected chi connectivity index (χ1v) is 12.1. The number of hydrogen-bond donors (Lipinski definition) is 1. The van der Waals surface area contributed by atoms with Gasteiger partial charge in [0.2, 0.25) is 5.91 Å². The number of piperidine rings is 3. The van der Waals surface area contributed by atoms with Gasteiger partial charge in [0.1, 0.15) is 0 Å². The molecule has 1 amide bonds. The number of rotatable bonds is 6. The second-order valence-electron chi connectivity index (χ2n) is 8.48. The van der Waals surface area contributed by atoms with Gasteiger partial charge in [-0.1, -0.05) is 13.3 Å². The molecule has 156 valence electrons. The summed E-state index contributed by atoms with van der Waals surface area (Å²) in [5, 5.41) is 3.04. The lowest BCUT2D eigenvalue weighted by Crippen LogP contribution is -2.52. The molecule has 3 saturated heterocycles. The molecule has 0 radical (unpaired) electrons. The molecule has 8 heteroatoms. The summed E-state index contributed by atoms with van der Waals surface area (Å²) in [4.78, 5) is 15.0. The lowest BCUT2D eigenvalue weighted by Gasteiger charge is -2.37. The predicted molar refractivity (Wildman–Crippen MR) is 106 cm³/mol. The summed E-state index contributed by atoms with van der Waals surface area (Å²) in [6.45, 7) is 8.04. The lowest BCUT2D eigenvalue weighted by atomic mass is 9.99. The van der Waals surface area contributed by atoms with Crippen LogP contribution >= 0.6 is 0 Å². The summed E-state index contributed by atoms with van der Waals surface area (Å²) in [6.07, 6.45) is 7.19. The van der Waals surface area contributed by atoms with Gasteiger partial charge in [0.05, 0.1) is 5.92 Å². The second kappa shape index (κ2) is 9.67. The van der Waals surface area contributed by atoms with Crippen molar-refractivity contribution in [2.45, 2.75) is 51.9 Å². The molecule has 0 bridgehead atoms. The topological polar surface area (TPSA) is 73.0 Å². The van der Waals surface area contributed by atoms with Crippen LogP contribution in [-0.4, -0.2) is 80.2 Å². The number of amides is 1. The molecule has 3 heterocycles. The number of nitrogens with one attached hydrogen (secondary N) is 1. The van der Waals surface area contributed by atoms with Gasteiger partial charge >= 0.3 is 0 Å². The van der Waals surface area contributed by atoms with Gasteiger partial charge in [-0.2, -0.15) is 17.0 Å². The fourth-order valence-electron chi connectivity index (χ4n) is 4.41. The largest absolute Gasteiger partial charge is 0.355 e. The van der Waals surface area contributed by atoms with Crippen molar-refractivity contribution >= 4 is 16.1 Å².